The molecular weight excluding hydrogens is 367 g/mol. The monoisotopic (exact) mass is 384 g/mol. The van der Waals surface area contributed by atoms with Crippen LogP contribution < -0.4 is 5.32 Å². The first-order chi connectivity index (χ1) is 8.14. The topological polar surface area (TPSA) is 64.4 Å². The molecule has 1 N–H and O–H groups in total. The summed E-state index contributed by atoms with van der Waals surface area (Å²) < 4.78 is 10.3. The molecule has 0 aliphatic carbocycles. The van der Waals surface area contributed by atoms with Gasteiger partial charge in [-0.05, 0) is 43.6 Å². The number of ether oxygens (including phenoxy) is 1. The predicted molar refractivity (Wildman–Crippen MR) is 78.8 cm³/mol. The lowest BCUT2D eigenvalue weighted by Crippen LogP contribution is -2.44. The predicted octanol–water partition coefficient (Wildman–Crippen LogP) is 3.88. The normalized spacial score (nSPS) is 12.3. The molecule has 0 aromatic carbocycles. The molecule has 1 amide bonds. The third-order valence-corrected chi connectivity index (χ3v) is 3.67. The average molecular weight is 384 g/mol. The highest BCUT2D eigenvalue weighted by atomic mass is 127. The van der Waals surface area contributed by atoms with Gasteiger partial charge in [-0.15, -0.1) is 0 Å². The molecule has 102 valence electrons. The summed E-state index contributed by atoms with van der Waals surface area (Å²) in [6, 6.07) is 1.80. The molecule has 1 rings (SSSR count). The van der Waals surface area contributed by atoms with Crippen LogP contribution in [0.2, 0.25) is 0 Å². The SMILES string of the molecule is CC(C)(C)OC(=O)NC(C)(C)c1cc(SI)on1. The molecule has 0 atom stereocenters. The zero-order chi connectivity index (χ0) is 14.0. The number of nitrogens with zero attached hydrogens (tertiary/aromatic N) is 1. The molecule has 0 saturated carbocycles. The smallest absolute Gasteiger partial charge is 0.408 e. The number of carbonyl (C=O) groups excluding carboxylic acids is 1. The summed E-state index contributed by atoms with van der Waals surface area (Å²) in [4.78, 5) is 11.7. The van der Waals surface area contributed by atoms with Crippen molar-refractivity contribution in [2.75, 3.05) is 0 Å². The van der Waals surface area contributed by atoms with Crippen LogP contribution in [0.15, 0.2) is 15.7 Å². The Balaban J connectivity index is 2.72. The number of halogens is 1. The molecule has 0 fully saturated rings. The van der Waals surface area contributed by atoms with Crippen LogP contribution in [0.4, 0.5) is 4.79 Å². The van der Waals surface area contributed by atoms with Gasteiger partial charge in [0.05, 0.1) is 5.54 Å². The molecule has 0 radical (unpaired) electrons. The quantitative estimate of drug-likeness (QED) is 0.802. The van der Waals surface area contributed by atoms with Crippen LogP contribution in [0.3, 0.4) is 0 Å². The number of hydrogen-bond donors (Lipinski definition) is 1. The summed E-state index contributed by atoms with van der Waals surface area (Å²) in [7, 11) is 1.43. The highest BCUT2D eigenvalue weighted by molar-refractivity contribution is 14.2. The molecular formula is C11H17IN2O3S. The maximum atomic E-state index is 11.7. The van der Waals surface area contributed by atoms with Crippen LogP contribution in [0.25, 0.3) is 0 Å². The van der Waals surface area contributed by atoms with E-state index in [1.54, 1.807) is 6.07 Å². The summed E-state index contributed by atoms with van der Waals surface area (Å²) in [6.07, 6.45) is -0.473. The summed E-state index contributed by atoms with van der Waals surface area (Å²) in [5, 5.41) is 7.41. The number of alkyl carbamates (subject to hydrolysis) is 1. The van der Waals surface area contributed by atoms with Crippen LogP contribution in [0.1, 0.15) is 40.3 Å². The Kier molecular flexibility index (Phi) is 4.93. The van der Waals surface area contributed by atoms with Crippen LogP contribution >= 0.6 is 30.1 Å². The van der Waals surface area contributed by atoms with Gasteiger partial charge in [0.1, 0.15) is 11.3 Å². The molecule has 1 aromatic heterocycles. The lowest BCUT2D eigenvalue weighted by Gasteiger charge is -2.26. The molecule has 0 unspecified atom stereocenters. The van der Waals surface area contributed by atoms with E-state index in [1.807, 2.05) is 34.6 Å². The summed E-state index contributed by atoms with van der Waals surface area (Å²) in [5.74, 6) is 0. The first kappa shape index (κ1) is 15.6. The van der Waals surface area contributed by atoms with E-state index in [4.69, 9.17) is 9.26 Å². The highest BCUT2D eigenvalue weighted by Crippen LogP contribution is 2.29. The van der Waals surface area contributed by atoms with Crippen molar-refractivity contribution >= 4 is 36.2 Å². The van der Waals surface area contributed by atoms with Gasteiger partial charge in [-0.1, -0.05) is 5.16 Å². The van der Waals surface area contributed by atoms with Gasteiger partial charge in [0, 0.05) is 27.3 Å². The van der Waals surface area contributed by atoms with Gasteiger partial charge in [-0.2, -0.15) is 0 Å². The van der Waals surface area contributed by atoms with Crippen molar-refractivity contribution in [2.24, 2.45) is 0 Å². The molecule has 0 bridgehead atoms. The minimum atomic E-state index is -0.642. The van der Waals surface area contributed by atoms with E-state index in [9.17, 15) is 4.79 Å². The van der Waals surface area contributed by atoms with Gasteiger partial charge >= 0.3 is 6.09 Å². The Morgan fingerprint density at radius 3 is 2.50 bits per heavy atom. The van der Waals surface area contributed by atoms with Crippen molar-refractivity contribution in [1.82, 2.24) is 10.5 Å². The minimum absolute atomic E-state index is 0.473. The van der Waals surface area contributed by atoms with E-state index >= 15 is 0 Å². The summed E-state index contributed by atoms with van der Waals surface area (Å²) in [6.45, 7) is 9.15. The van der Waals surface area contributed by atoms with Crippen molar-refractivity contribution in [1.29, 1.82) is 0 Å². The van der Waals surface area contributed by atoms with Crippen LogP contribution in [-0.4, -0.2) is 16.9 Å². The minimum Gasteiger partial charge on any atom is -0.444 e. The summed E-state index contributed by atoms with van der Waals surface area (Å²) in [5.41, 5.74) is -0.503. The number of carbonyl (C=O) groups is 1. The second kappa shape index (κ2) is 5.68. The summed E-state index contributed by atoms with van der Waals surface area (Å²) >= 11 is 2.11. The fraction of sp³-hybridized carbons (Fsp3) is 0.636. The Bertz CT molecular complexity index is 426. The number of nitrogens with one attached hydrogen (secondary N) is 1. The molecule has 0 aliphatic rings. The highest BCUT2D eigenvalue weighted by Gasteiger charge is 2.29. The second-order valence-corrected chi connectivity index (χ2v) is 7.24. The third kappa shape index (κ3) is 4.68. The number of aromatic nitrogens is 1. The van der Waals surface area contributed by atoms with E-state index < -0.39 is 17.2 Å². The second-order valence-electron chi connectivity index (χ2n) is 5.36. The molecule has 1 aromatic rings. The molecule has 7 heteroatoms. The molecule has 1 heterocycles. The van der Waals surface area contributed by atoms with Gasteiger partial charge in [0.15, 0.2) is 0 Å². The first-order valence-corrected chi connectivity index (χ1v) is 8.77. The maximum Gasteiger partial charge on any atom is 0.408 e. The Morgan fingerprint density at radius 2 is 2.06 bits per heavy atom. The fourth-order valence-electron chi connectivity index (χ4n) is 1.21. The fourth-order valence-corrected chi connectivity index (χ4v) is 2.06. The zero-order valence-electron chi connectivity index (χ0n) is 11.0. The lowest BCUT2D eigenvalue weighted by atomic mass is 10.0. The van der Waals surface area contributed by atoms with Crippen molar-refractivity contribution in [3.05, 3.63) is 11.8 Å². The molecule has 5 nitrogen and oxygen atoms in total. The van der Waals surface area contributed by atoms with Gasteiger partial charge in [-0.25, -0.2) is 4.79 Å². The van der Waals surface area contributed by atoms with E-state index in [2.05, 4.69) is 31.7 Å². The zero-order valence-corrected chi connectivity index (χ0v) is 14.0. The number of amides is 1. The van der Waals surface area contributed by atoms with Crippen LogP contribution in [0, 0.1) is 0 Å². The van der Waals surface area contributed by atoms with Crippen molar-refractivity contribution in [3.8, 4) is 0 Å². The van der Waals surface area contributed by atoms with Crippen molar-refractivity contribution in [2.45, 2.75) is 50.9 Å². The Labute approximate surface area is 123 Å². The van der Waals surface area contributed by atoms with Crippen molar-refractivity contribution in [3.63, 3.8) is 0 Å². The number of hydrogen-bond acceptors (Lipinski definition) is 5. The third-order valence-electron chi connectivity index (χ3n) is 2.02. The van der Waals surface area contributed by atoms with E-state index in [0.29, 0.717) is 10.8 Å². The Morgan fingerprint density at radius 1 is 1.44 bits per heavy atom. The van der Waals surface area contributed by atoms with Gasteiger partial charge in [0.2, 0.25) is 5.09 Å². The van der Waals surface area contributed by atoms with Gasteiger partial charge in [0.25, 0.3) is 0 Å². The lowest BCUT2D eigenvalue weighted by molar-refractivity contribution is 0.0467. The van der Waals surface area contributed by atoms with Crippen molar-refractivity contribution < 1.29 is 14.1 Å². The molecule has 18 heavy (non-hydrogen) atoms. The van der Waals surface area contributed by atoms with Gasteiger partial charge < -0.3 is 14.6 Å². The van der Waals surface area contributed by atoms with E-state index in [1.165, 1.54) is 8.93 Å². The maximum absolute atomic E-state index is 11.7. The van der Waals surface area contributed by atoms with Crippen LogP contribution in [0.5, 0.6) is 0 Å². The van der Waals surface area contributed by atoms with Crippen LogP contribution in [-0.2, 0) is 10.3 Å². The largest absolute Gasteiger partial charge is 0.444 e. The first-order valence-electron chi connectivity index (χ1n) is 5.41. The number of rotatable bonds is 3. The standard InChI is InChI=1S/C11H17IN2O3S/c1-10(2,3)16-9(15)13-11(4,5)7-6-8(18-12)17-14-7/h6H,1-5H3,(H,13,15). The van der Waals surface area contributed by atoms with E-state index in [0.717, 1.165) is 0 Å². The average Bonchev–Trinajstić information content (AvgIpc) is 2.61. The van der Waals surface area contributed by atoms with E-state index in [-0.39, 0.29) is 0 Å². The molecule has 0 aliphatic heterocycles. The molecule has 0 spiro atoms. The molecule has 0 saturated heterocycles. The Hall–Kier alpha value is -0.440. The van der Waals surface area contributed by atoms with Gasteiger partial charge in [-0.3, -0.25) is 0 Å².